The van der Waals surface area contributed by atoms with E-state index in [-0.39, 0.29) is 31.2 Å². The topological polar surface area (TPSA) is 138 Å². The van der Waals surface area contributed by atoms with Crippen molar-refractivity contribution >= 4 is 17.6 Å². The summed E-state index contributed by atoms with van der Waals surface area (Å²) in [6, 6.07) is 18.4. The minimum atomic E-state index is -0.802. The third-order valence-electron chi connectivity index (χ3n) is 5.16. The van der Waals surface area contributed by atoms with Crippen LogP contribution in [0.15, 0.2) is 82.5 Å². The highest BCUT2D eigenvalue weighted by Gasteiger charge is 2.15. The molecule has 2 aromatic heterocycles. The lowest BCUT2D eigenvalue weighted by Gasteiger charge is -2.16. The maximum absolute atomic E-state index is 13.2. The van der Waals surface area contributed by atoms with Crippen LogP contribution in [0.4, 0.5) is 11.6 Å². The van der Waals surface area contributed by atoms with Gasteiger partial charge in [0.15, 0.2) is 0 Å². The molecule has 184 valence electrons. The van der Waals surface area contributed by atoms with Crippen molar-refractivity contribution < 1.29 is 19.4 Å². The van der Waals surface area contributed by atoms with Gasteiger partial charge in [0.1, 0.15) is 11.5 Å². The van der Waals surface area contributed by atoms with Gasteiger partial charge in [-0.25, -0.2) is 19.1 Å². The molecule has 0 saturated carbocycles. The lowest BCUT2D eigenvalue weighted by molar-refractivity contribution is -0.140. The number of esters is 1. The maximum Gasteiger partial charge on any atom is 0.354 e. The second kappa shape index (κ2) is 11.0. The molecule has 0 spiro atoms. The number of carbonyl (C=O) groups is 1. The average molecular weight is 489 g/mol. The molecule has 0 atom stereocenters. The molecule has 2 heterocycles. The number of nitrogens with zero attached hydrogens (tertiary/aromatic N) is 4. The summed E-state index contributed by atoms with van der Waals surface area (Å²) >= 11 is 0. The summed E-state index contributed by atoms with van der Waals surface area (Å²) in [7, 11) is 1.23. The van der Waals surface area contributed by atoms with Gasteiger partial charge in [-0.2, -0.15) is 4.98 Å². The number of pyridine rings is 1. The molecule has 0 radical (unpaired) electrons. The summed E-state index contributed by atoms with van der Waals surface area (Å²) < 4.78 is 12.5. The molecule has 0 aliphatic heterocycles. The summed E-state index contributed by atoms with van der Waals surface area (Å²) in [4.78, 5) is 45.6. The summed E-state index contributed by atoms with van der Waals surface area (Å²) in [5, 5.41) is 12.6. The number of ether oxygens (including phenoxy) is 2. The number of nitrogens with one attached hydrogen (secondary N) is 1. The fourth-order valence-corrected chi connectivity index (χ4v) is 3.31. The predicted molar refractivity (Wildman–Crippen MR) is 131 cm³/mol. The lowest BCUT2D eigenvalue weighted by Crippen LogP contribution is -2.43. The SMILES string of the molecule is COC(=O)CCn1c(=O)nc(Nc2ccc(Oc3ccccn3)cc2)n(Cc2ccc(O)cc2)c1=O. The molecule has 36 heavy (non-hydrogen) atoms. The summed E-state index contributed by atoms with van der Waals surface area (Å²) in [5.41, 5.74) is -0.202. The summed E-state index contributed by atoms with van der Waals surface area (Å²) in [5.74, 6) is 0.538. The fraction of sp³-hybridized carbons (Fsp3) is 0.160. The average Bonchev–Trinajstić information content (AvgIpc) is 2.89. The number of carbonyl (C=O) groups excluding carboxylic acids is 1. The molecule has 0 aliphatic rings. The van der Waals surface area contributed by atoms with E-state index in [1.54, 1.807) is 54.7 Å². The Hall–Kier alpha value is -4.93. The van der Waals surface area contributed by atoms with Gasteiger partial charge in [0.05, 0.1) is 20.1 Å². The van der Waals surface area contributed by atoms with Crippen LogP contribution in [0.5, 0.6) is 17.4 Å². The van der Waals surface area contributed by atoms with Crippen molar-refractivity contribution in [1.29, 1.82) is 0 Å². The lowest BCUT2D eigenvalue weighted by atomic mass is 10.2. The number of hydrogen-bond donors (Lipinski definition) is 2. The zero-order chi connectivity index (χ0) is 25.5. The van der Waals surface area contributed by atoms with Crippen molar-refractivity contribution in [2.45, 2.75) is 19.5 Å². The van der Waals surface area contributed by atoms with Crippen LogP contribution < -0.4 is 21.4 Å². The number of anilines is 2. The molecule has 4 rings (SSSR count). The number of methoxy groups -OCH3 is 1. The van der Waals surface area contributed by atoms with Crippen molar-refractivity contribution in [1.82, 2.24) is 19.1 Å². The quantitative estimate of drug-likeness (QED) is 0.340. The fourth-order valence-electron chi connectivity index (χ4n) is 3.31. The molecule has 0 aliphatic carbocycles. The molecule has 11 heteroatoms. The smallest absolute Gasteiger partial charge is 0.354 e. The van der Waals surface area contributed by atoms with Crippen LogP contribution in [0.3, 0.4) is 0 Å². The zero-order valence-electron chi connectivity index (χ0n) is 19.3. The van der Waals surface area contributed by atoms with E-state index in [0.29, 0.717) is 22.9 Å². The first-order valence-electron chi connectivity index (χ1n) is 11.0. The number of phenolic OH excluding ortho intramolecular Hbond substituents is 1. The Morgan fingerprint density at radius 1 is 1.00 bits per heavy atom. The third-order valence-corrected chi connectivity index (χ3v) is 5.16. The standard InChI is InChI=1S/C25H23N5O6/c1-35-22(32)13-15-29-24(33)28-23(30(25(29)34)16-17-5-9-19(31)10-6-17)27-18-7-11-20(12-8-18)36-21-4-2-3-14-26-21/h2-12,14,31H,13,15-16H2,1H3,(H,27,28,33). The number of phenols is 1. The highest BCUT2D eigenvalue weighted by molar-refractivity contribution is 5.69. The van der Waals surface area contributed by atoms with Crippen LogP contribution in [-0.4, -0.2) is 37.3 Å². The normalized spacial score (nSPS) is 10.6. The number of rotatable bonds is 9. The number of aromatic nitrogens is 4. The van der Waals surface area contributed by atoms with Gasteiger partial charge in [-0.1, -0.05) is 18.2 Å². The van der Waals surface area contributed by atoms with Crippen LogP contribution in [0.2, 0.25) is 0 Å². The Morgan fingerprint density at radius 3 is 2.42 bits per heavy atom. The van der Waals surface area contributed by atoms with Gasteiger partial charge in [-0.05, 0) is 48.0 Å². The molecule has 0 amide bonds. The van der Waals surface area contributed by atoms with Gasteiger partial charge in [0, 0.05) is 24.5 Å². The van der Waals surface area contributed by atoms with Gasteiger partial charge >= 0.3 is 17.3 Å². The zero-order valence-corrected chi connectivity index (χ0v) is 19.3. The van der Waals surface area contributed by atoms with Crippen LogP contribution in [-0.2, 0) is 22.6 Å². The van der Waals surface area contributed by atoms with E-state index in [1.165, 1.54) is 23.8 Å². The third kappa shape index (κ3) is 5.95. The van der Waals surface area contributed by atoms with Crippen molar-refractivity contribution in [3.05, 3.63) is 99.5 Å². The molecule has 0 fully saturated rings. The molecular weight excluding hydrogens is 466 g/mol. The monoisotopic (exact) mass is 489 g/mol. The largest absolute Gasteiger partial charge is 0.508 e. The van der Waals surface area contributed by atoms with E-state index in [4.69, 9.17) is 4.74 Å². The van der Waals surface area contributed by atoms with E-state index in [9.17, 15) is 19.5 Å². The first kappa shape index (κ1) is 24.2. The second-order valence-electron chi connectivity index (χ2n) is 7.65. The minimum Gasteiger partial charge on any atom is -0.508 e. The van der Waals surface area contributed by atoms with E-state index in [1.807, 2.05) is 6.07 Å². The highest BCUT2D eigenvalue weighted by atomic mass is 16.5. The first-order chi connectivity index (χ1) is 17.4. The van der Waals surface area contributed by atoms with E-state index in [2.05, 4.69) is 20.0 Å². The maximum atomic E-state index is 13.2. The summed E-state index contributed by atoms with van der Waals surface area (Å²) in [6.45, 7) is -0.111. The molecular formula is C25H23N5O6. The second-order valence-corrected chi connectivity index (χ2v) is 7.65. The Bertz CT molecular complexity index is 1450. The van der Waals surface area contributed by atoms with E-state index in [0.717, 1.165) is 4.57 Å². The highest BCUT2D eigenvalue weighted by Crippen LogP contribution is 2.22. The Kier molecular flexibility index (Phi) is 7.39. The molecule has 0 saturated heterocycles. The van der Waals surface area contributed by atoms with Gasteiger partial charge in [0.25, 0.3) is 0 Å². The van der Waals surface area contributed by atoms with E-state index < -0.39 is 17.3 Å². The van der Waals surface area contributed by atoms with Crippen LogP contribution in [0.25, 0.3) is 0 Å². The molecule has 2 aromatic carbocycles. The predicted octanol–water partition coefficient (Wildman–Crippen LogP) is 2.65. The molecule has 11 nitrogen and oxygen atoms in total. The summed E-state index contributed by atoms with van der Waals surface area (Å²) in [6.07, 6.45) is 1.47. The van der Waals surface area contributed by atoms with Crippen molar-refractivity contribution in [2.75, 3.05) is 12.4 Å². The van der Waals surface area contributed by atoms with Crippen LogP contribution >= 0.6 is 0 Å². The van der Waals surface area contributed by atoms with Crippen LogP contribution in [0.1, 0.15) is 12.0 Å². The minimum absolute atomic E-state index is 0.0192. The number of hydrogen-bond acceptors (Lipinski definition) is 9. The Balaban J connectivity index is 1.64. The van der Waals surface area contributed by atoms with Crippen molar-refractivity contribution in [3.63, 3.8) is 0 Å². The van der Waals surface area contributed by atoms with Gasteiger partial charge in [-0.3, -0.25) is 9.36 Å². The Labute approximate surface area is 205 Å². The van der Waals surface area contributed by atoms with Crippen molar-refractivity contribution in [3.8, 4) is 17.4 Å². The van der Waals surface area contributed by atoms with E-state index >= 15 is 0 Å². The van der Waals surface area contributed by atoms with Crippen LogP contribution in [0, 0.1) is 0 Å². The molecule has 0 unspecified atom stereocenters. The van der Waals surface area contributed by atoms with Gasteiger partial charge in [-0.15, -0.1) is 0 Å². The Morgan fingerprint density at radius 2 is 1.75 bits per heavy atom. The molecule has 0 bridgehead atoms. The molecule has 4 aromatic rings. The van der Waals surface area contributed by atoms with Crippen molar-refractivity contribution in [2.24, 2.45) is 0 Å². The number of benzene rings is 2. The van der Waals surface area contributed by atoms with Gasteiger partial charge in [0.2, 0.25) is 11.8 Å². The van der Waals surface area contributed by atoms with Gasteiger partial charge < -0.3 is 19.9 Å². The first-order valence-corrected chi connectivity index (χ1v) is 11.0. The molecule has 2 N–H and O–H groups in total. The number of aromatic hydroxyl groups is 1.